The summed E-state index contributed by atoms with van der Waals surface area (Å²) >= 11 is 0. The number of nitrogens with zero attached hydrogens (tertiary/aromatic N) is 1. The molecule has 23 heavy (non-hydrogen) atoms. The molecule has 0 aliphatic carbocycles. The molecule has 1 aliphatic heterocycles. The zero-order valence-corrected chi connectivity index (χ0v) is 13.7. The Morgan fingerprint density at radius 3 is 2.61 bits per heavy atom. The molecular weight excluding hydrogens is 313 g/mol. The maximum absolute atomic E-state index is 13.5. The standard InChI is InChI=1S/C18H18FNO2S/c1-23(22)16-9-7-13(8-10-16)18(21)20-11-3-6-17(20)14-4-2-5-15(19)12-14/h2,4-5,7-10,12,17H,3,6,11H2,1H3. The van der Waals surface area contributed by atoms with Crippen LogP contribution < -0.4 is 0 Å². The van der Waals surface area contributed by atoms with Crippen molar-refractivity contribution >= 4 is 16.7 Å². The van der Waals surface area contributed by atoms with Crippen LogP contribution in [0.15, 0.2) is 53.4 Å². The van der Waals surface area contributed by atoms with Gasteiger partial charge in [-0.1, -0.05) is 12.1 Å². The molecule has 0 N–H and O–H groups in total. The van der Waals surface area contributed by atoms with E-state index in [0.29, 0.717) is 17.0 Å². The molecule has 3 nitrogen and oxygen atoms in total. The summed E-state index contributed by atoms with van der Waals surface area (Å²) < 4.78 is 24.9. The highest BCUT2D eigenvalue weighted by Gasteiger charge is 2.30. The third kappa shape index (κ3) is 3.34. The number of rotatable bonds is 3. The van der Waals surface area contributed by atoms with E-state index in [1.165, 1.54) is 12.1 Å². The van der Waals surface area contributed by atoms with Gasteiger partial charge in [0.25, 0.3) is 5.91 Å². The molecule has 0 saturated carbocycles. The zero-order chi connectivity index (χ0) is 16.4. The average molecular weight is 331 g/mol. The first-order valence-corrected chi connectivity index (χ1v) is 9.12. The third-order valence-electron chi connectivity index (χ3n) is 4.18. The molecule has 0 spiro atoms. The average Bonchev–Trinajstić information content (AvgIpc) is 3.04. The van der Waals surface area contributed by atoms with Crippen LogP contribution in [0.3, 0.4) is 0 Å². The summed E-state index contributed by atoms with van der Waals surface area (Å²) in [5.41, 5.74) is 1.41. The fourth-order valence-electron chi connectivity index (χ4n) is 3.03. The Labute approximate surface area is 137 Å². The Bertz CT molecular complexity index is 745. The van der Waals surface area contributed by atoms with E-state index in [0.717, 1.165) is 18.4 Å². The molecule has 5 heteroatoms. The molecule has 2 aromatic carbocycles. The zero-order valence-electron chi connectivity index (χ0n) is 12.9. The maximum Gasteiger partial charge on any atom is 0.254 e. The highest BCUT2D eigenvalue weighted by atomic mass is 32.2. The summed E-state index contributed by atoms with van der Waals surface area (Å²) in [4.78, 5) is 15.3. The van der Waals surface area contributed by atoms with Crippen molar-refractivity contribution in [3.63, 3.8) is 0 Å². The van der Waals surface area contributed by atoms with Crippen LogP contribution >= 0.6 is 0 Å². The van der Waals surface area contributed by atoms with Gasteiger partial charge in [-0.3, -0.25) is 9.00 Å². The van der Waals surface area contributed by atoms with Gasteiger partial charge >= 0.3 is 0 Å². The molecule has 1 amide bonds. The molecule has 2 aromatic rings. The van der Waals surface area contributed by atoms with E-state index in [2.05, 4.69) is 0 Å². The number of amides is 1. The lowest BCUT2D eigenvalue weighted by Crippen LogP contribution is -2.30. The van der Waals surface area contributed by atoms with Gasteiger partial charge in [-0.2, -0.15) is 0 Å². The van der Waals surface area contributed by atoms with E-state index in [1.54, 1.807) is 41.5 Å². The Kier molecular flexibility index (Phi) is 4.57. The van der Waals surface area contributed by atoms with E-state index in [9.17, 15) is 13.4 Å². The van der Waals surface area contributed by atoms with E-state index in [4.69, 9.17) is 0 Å². The van der Waals surface area contributed by atoms with Crippen LogP contribution in [0.5, 0.6) is 0 Å². The van der Waals surface area contributed by atoms with Gasteiger partial charge in [0, 0.05) is 34.1 Å². The van der Waals surface area contributed by atoms with Crippen molar-refractivity contribution in [2.45, 2.75) is 23.8 Å². The van der Waals surface area contributed by atoms with Crippen molar-refractivity contribution in [2.24, 2.45) is 0 Å². The summed E-state index contributed by atoms with van der Waals surface area (Å²) in [6, 6.07) is 13.2. The van der Waals surface area contributed by atoms with Crippen molar-refractivity contribution < 1.29 is 13.4 Å². The van der Waals surface area contributed by atoms with Crippen LogP contribution in [-0.2, 0) is 10.8 Å². The van der Waals surface area contributed by atoms with Gasteiger partial charge in [-0.25, -0.2) is 4.39 Å². The SMILES string of the molecule is CS(=O)c1ccc(C(=O)N2CCCC2c2cccc(F)c2)cc1. The monoisotopic (exact) mass is 331 g/mol. The van der Waals surface area contributed by atoms with Crippen molar-refractivity contribution in [1.29, 1.82) is 0 Å². The number of hydrogen-bond donors (Lipinski definition) is 0. The second-order valence-corrected chi connectivity index (χ2v) is 7.07. The fourth-order valence-corrected chi connectivity index (χ4v) is 3.54. The van der Waals surface area contributed by atoms with E-state index in [1.807, 2.05) is 6.07 Å². The quantitative estimate of drug-likeness (QED) is 0.863. The van der Waals surface area contributed by atoms with Gasteiger partial charge < -0.3 is 4.90 Å². The van der Waals surface area contributed by atoms with Crippen LogP contribution in [-0.4, -0.2) is 27.8 Å². The molecule has 0 radical (unpaired) electrons. The molecule has 1 fully saturated rings. The van der Waals surface area contributed by atoms with Crippen molar-refractivity contribution in [1.82, 2.24) is 4.90 Å². The van der Waals surface area contributed by atoms with Crippen LogP contribution in [0.4, 0.5) is 4.39 Å². The van der Waals surface area contributed by atoms with Gasteiger partial charge in [0.05, 0.1) is 6.04 Å². The number of halogens is 1. The highest BCUT2D eigenvalue weighted by molar-refractivity contribution is 7.84. The molecule has 0 bridgehead atoms. The molecule has 0 aromatic heterocycles. The van der Waals surface area contributed by atoms with Crippen LogP contribution in [0, 0.1) is 5.82 Å². The molecule has 120 valence electrons. The van der Waals surface area contributed by atoms with E-state index in [-0.39, 0.29) is 17.8 Å². The van der Waals surface area contributed by atoms with Crippen molar-refractivity contribution in [3.8, 4) is 0 Å². The Balaban J connectivity index is 1.84. The predicted molar refractivity (Wildman–Crippen MR) is 88.2 cm³/mol. The van der Waals surface area contributed by atoms with Crippen LogP contribution in [0.2, 0.25) is 0 Å². The summed E-state index contributed by atoms with van der Waals surface area (Å²) in [5, 5.41) is 0. The minimum absolute atomic E-state index is 0.0646. The topological polar surface area (TPSA) is 37.4 Å². The summed E-state index contributed by atoms with van der Waals surface area (Å²) in [6.45, 7) is 0.668. The van der Waals surface area contributed by atoms with Crippen molar-refractivity contribution in [2.75, 3.05) is 12.8 Å². The van der Waals surface area contributed by atoms with Gasteiger partial charge in [-0.05, 0) is 54.8 Å². The highest BCUT2D eigenvalue weighted by Crippen LogP contribution is 2.33. The van der Waals surface area contributed by atoms with Crippen molar-refractivity contribution in [3.05, 3.63) is 65.5 Å². The number of hydrogen-bond acceptors (Lipinski definition) is 2. The second kappa shape index (κ2) is 6.62. The number of carbonyl (C=O) groups is 1. The minimum Gasteiger partial charge on any atom is -0.332 e. The van der Waals surface area contributed by atoms with Gasteiger partial charge in [0.15, 0.2) is 0 Å². The Hall–Kier alpha value is -2.01. The fraction of sp³-hybridized carbons (Fsp3) is 0.278. The number of benzene rings is 2. The third-order valence-corrected chi connectivity index (χ3v) is 5.12. The lowest BCUT2D eigenvalue weighted by molar-refractivity contribution is 0.0735. The van der Waals surface area contributed by atoms with Crippen LogP contribution in [0.1, 0.15) is 34.8 Å². The molecule has 3 rings (SSSR count). The maximum atomic E-state index is 13.5. The first-order valence-electron chi connectivity index (χ1n) is 7.56. The molecule has 2 unspecified atom stereocenters. The number of carbonyl (C=O) groups excluding carboxylic acids is 1. The largest absolute Gasteiger partial charge is 0.332 e. The molecule has 1 heterocycles. The van der Waals surface area contributed by atoms with Gasteiger partial charge in [-0.15, -0.1) is 0 Å². The molecule has 1 aliphatic rings. The van der Waals surface area contributed by atoms with Gasteiger partial charge in [0.2, 0.25) is 0 Å². The van der Waals surface area contributed by atoms with E-state index < -0.39 is 10.8 Å². The first-order chi connectivity index (χ1) is 11.1. The van der Waals surface area contributed by atoms with Crippen LogP contribution in [0.25, 0.3) is 0 Å². The lowest BCUT2D eigenvalue weighted by Gasteiger charge is -2.25. The summed E-state index contributed by atoms with van der Waals surface area (Å²) in [6.07, 6.45) is 3.35. The van der Waals surface area contributed by atoms with E-state index >= 15 is 0 Å². The first kappa shape index (κ1) is 15.9. The summed E-state index contributed by atoms with van der Waals surface area (Å²) in [5.74, 6) is -0.346. The molecular formula is C18H18FNO2S. The predicted octanol–water partition coefficient (Wildman–Crippen LogP) is 3.54. The molecule has 1 saturated heterocycles. The smallest absolute Gasteiger partial charge is 0.254 e. The van der Waals surface area contributed by atoms with Gasteiger partial charge in [0.1, 0.15) is 5.82 Å². The molecule has 2 atom stereocenters. The minimum atomic E-state index is -1.06. The second-order valence-electron chi connectivity index (χ2n) is 5.69. The number of likely N-dealkylation sites (tertiary alicyclic amines) is 1. The lowest BCUT2D eigenvalue weighted by atomic mass is 10.0. The summed E-state index contributed by atoms with van der Waals surface area (Å²) in [7, 11) is -1.06. The Morgan fingerprint density at radius 1 is 1.22 bits per heavy atom. The Morgan fingerprint density at radius 2 is 1.96 bits per heavy atom. The normalized spacial score (nSPS) is 18.9.